The Kier molecular flexibility index (Phi) is 5.44. The van der Waals surface area contributed by atoms with Gasteiger partial charge in [-0.25, -0.2) is 13.1 Å². The van der Waals surface area contributed by atoms with Crippen LogP contribution >= 0.6 is 0 Å². The lowest BCUT2D eigenvalue weighted by Gasteiger charge is -2.15. The molecule has 0 aromatic carbocycles. The molecule has 106 valence electrons. The van der Waals surface area contributed by atoms with Crippen LogP contribution in [0.5, 0.6) is 0 Å². The molecule has 0 saturated carbocycles. The number of carbonyl (C=O) groups is 1. The molecular weight excluding hydrogens is 268 g/mol. The van der Waals surface area contributed by atoms with Crippen molar-refractivity contribution in [2.75, 3.05) is 6.54 Å². The van der Waals surface area contributed by atoms with Gasteiger partial charge in [-0.15, -0.1) is 0 Å². The molecule has 7 heteroatoms. The average Bonchev–Trinajstić information content (AvgIpc) is 2.35. The van der Waals surface area contributed by atoms with Crippen molar-refractivity contribution < 1.29 is 18.3 Å². The van der Waals surface area contributed by atoms with Gasteiger partial charge >= 0.3 is 5.97 Å². The third-order valence-corrected chi connectivity index (χ3v) is 3.98. The number of sulfonamides is 1. The molecule has 0 fully saturated rings. The van der Waals surface area contributed by atoms with E-state index in [1.54, 1.807) is 0 Å². The molecule has 1 heterocycles. The summed E-state index contributed by atoms with van der Waals surface area (Å²) in [5.41, 5.74) is 0. The molecule has 6 nitrogen and oxygen atoms in total. The molecule has 2 N–H and O–H groups in total. The molecule has 1 rings (SSSR count). The maximum atomic E-state index is 11.9. The van der Waals surface area contributed by atoms with Crippen LogP contribution in [0.15, 0.2) is 29.4 Å². The summed E-state index contributed by atoms with van der Waals surface area (Å²) >= 11 is 0. The number of nitrogens with one attached hydrogen (secondary N) is 1. The number of hydrogen-bond donors (Lipinski definition) is 2. The van der Waals surface area contributed by atoms with E-state index in [4.69, 9.17) is 5.11 Å². The van der Waals surface area contributed by atoms with Gasteiger partial charge in [-0.05, 0) is 24.5 Å². The Balaban J connectivity index is 2.71. The highest BCUT2D eigenvalue weighted by Gasteiger charge is 2.22. The van der Waals surface area contributed by atoms with Crippen LogP contribution in [0.4, 0.5) is 0 Å². The summed E-state index contributed by atoms with van der Waals surface area (Å²) in [5, 5.41) is 9.04. The fraction of sp³-hybridized carbons (Fsp3) is 0.500. The van der Waals surface area contributed by atoms with Gasteiger partial charge in [0.15, 0.2) is 0 Å². The molecule has 0 saturated heterocycles. The summed E-state index contributed by atoms with van der Waals surface area (Å²) in [7, 11) is -3.70. The average molecular weight is 286 g/mol. The maximum absolute atomic E-state index is 11.9. The number of hydrogen-bond acceptors (Lipinski definition) is 4. The van der Waals surface area contributed by atoms with Crippen LogP contribution in [-0.4, -0.2) is 31.0 Å². The van der Waals surface area contributed by atoms with Gasteiger partial charge in [0.05, 0.1) is 5.92 Å². The standard InChI is InChI=1S/C12H18N2O4S/c1-9(2)6-10(12(15)16)7-14-19(17,18)11-4-3-5-13-8-11/h3-5,8-10,14H,6-7H2,1-2H3,(H,15,16). The summed E-state index contributed by atoms with van der Waals surface area (Å²) in [6.07, 6.45) is 3.11. The normalized spacial score (nSPS) is 13.4. The molecule has 0 bridgehead atoms. The second-order valence-electron chi connectivity index (χ2n) is 4.71. The van der Waals surface area contributed by atoms with E-state index in [0.717, 1.165) is 0 Å². The van der Waals surface area contributed by atoms with Crippen molar-refractivity contribution in [2.45, 2.75) is 25.2 Å². The third kappa shape index (κ3) is 4.96. The van der Waals surface area contributed by atoms with E-state index in [2.05, 4.69) is 9.71 Å². The maximum Gasteiger partial charge on any atom is 0.307 e. The molecule has 0 spiro atoms. The third-order valence-electron chi connectivity index (χ3n) is 2.57. The Morgan fingerprint density at radius 1 is 1.47 bits per heavy atom. The van der Waals surface area contributed by atoms with Crippen LogP contribution in [0.25, 0.3) is 0 Å². The first kappa shape index (κ1) is 15.6. The minimum atomic E-state index is -3.70. The number of carboxylic acids is 1. The van der Waals surface area contributed by atoms with Crippen molar-refractivity contribution in [1.29, 1.82) is 0 Å². The van der Waals surface area contributed by atoms with Gasteiger partial charge in [-0.2, -0.15) is 0 Å². The van der Waals surface area contributed by atoms with Crippen molar-refractivity contribution in [3.05, 3.63) is 24.5 Å². The molecule has 0 aliphatic heterocycles. The smallest absolute Gasteiger partial charge is 0.307 e. The SMILES string of the molecule is CC(C)CC(CNS(=O)(=O)c1cccnc1)C(=O)O. The number of rotatable bonds is 7. The van der Waals surface area contributed by atoms with Crippen molar-refractivity contribution >= 4 is 16.0 Å². The molecule has 0 radical (unpaired) electrons. The monoisotopic (exact) mass is 286 g/mol. The summed E-state index contributed by atoms with van der Waals surface area (Å²) in [6, 6.07) is 2.92. The van der Waals surface area contributed by atoms with E-state index in [1.165, 1.54) is 24.5 Å². The summed E-state index contributed by atoms with van der Waals surface area (Å²) in [6.45, 7) is 3.67. The lowest BCUT2D eigenvalue weighted by Crippen LogP contribution is -2.33. The zero-order valence-electron chi connectivity index (χ0n) is 10.9. The lowest BCUT2D eigenvalue weighted by molar-refractivity contribution is -0.142. The molecule has 19 heavy (non-hydrogen) atoms. The molecular formula is C12H18N2O4S. The van der Waals surface area contributed by atoms with E-state index in [9.17, 15) is 13.2 Å². The zero-order valence-corrected chi connectivity index (χ0v) is 11.7. The van der Waals surface area contributed by atoms with Crippen molar-refractivity contribution in [1.82, 2.24) is 9.71 Å². The lowest BCUT2D eigenvalue weighted by atomic mass is 9.98. The Hall–Kier alpha value is -1.47. The highest BCUT2D eigenvalue weighted by Crippen LogP contribution is 2.13. The van der Waals surface area contributed by atoms with Crippen LogP contribution < -0.4 is 4.72 Å². The topological polar surface area (TPSA) is 96.4 Å². The van der Waals surface area contributed by atoms with Crippen LogP contribution in [-0.2, 0) is 14.8 Å². The number of aliphatic carboxylic acids is 1. The quantitative estimate of drug-likeness (QED) is 0.782. The first-order valence-electron chi connectivity index (χ1n) is 5.95. The minimum Gasteiger partial charge on any atom is -0.481 e. The number of carboxylic acid groups (broad SMARTS) is 1. The van der Waals surface area contributed by atoms with Crippen molar-refractivity contribution in [3.8, 4) is 0 Å². The highest BCUT2D eigenvalue weighted by atomic mass is 32.2. The van der Waals surface area contributed by atoms with E-state index in [1.807, 2.05) is 13.8 Å². The van der Waals surface area contributed by atoms with E-state index < -0.39 is 21.9 Å². The second kappa shape index (κ2) is 6.63. The Morgan fingerprint density at radius 2 is 2.16 bits per heavy atom. The predicted octanol–water partition coefficient (Wildman–Crippen LogP) is 1.11. The van der Waals surface area contributed by atoms with Gasteiger partial charge in [0.2, 0.25) is 10.0 Å². The predicted molar refractivity (Wildman–Crippen MR) is 70.0 cm³/mol. The summed E-state index contributed by atoms with van der Waals surface area (Å²) < 4.78 is 26.1. The van der Waals surface area contributed by atoms with Gasteiger partial charge in [-0.1, -0.05) is 13.8 Å². The second-order valence-corrected chi connectivity index (χ2v) is 6.47. The van der Waals surface area contributed by atoms with Gasteiger partial charge in [0, 0.05) is 18.9 Å². The molecule has 1 aromatic rings. The van der Waals surface area contributed by atoms with Crippen LogP contribution in [0, 0.1) is 11.8 Å². The molecule has 1 unspecified atom stereocenters. The fourth-order valence-electron chi connectivity index (χ4n) is 1.64. The summed E-state index contributed by atoms with van der Waals surface area (Å²) in [4.78, 5) is 14.8. The molecule has 1 atom stereocenters. The number of aromatic nitrogens is 1. The van der Waals surface area contributed by atoms with Crippen molar-refractivity contribution in [3.63, 3.8) is 0 Å². The molecule has 0 aliphatic rings. The van der Waals surface area contributed by atoms with E-state index >= 15 is 0 Å². The van der Waals surface area contributed by atoms with E-state index in [-0.39, 0.29) is 17.4 Å². The van der Waals surface area contributed by atoms with Gasteiger partial charge in [0.1, 0.15) is 4.90 Å². The Bertz CT molecular complexity index is 514. The number of nitrogens with zero attached hydrogens (tertiary/aromatic N) is 1. The largest absolute Gasteiger partial charge is 0.481 e. The van der Waals surface area contributed by atoms with Crippen LogP contribution in [0.1, 0.15) is 20.3 Å². The Labute approximate surface area is 112 Å². The van der Waals surface area contributed by atoms with Crippen LogP contribution in [0.2, 0.25) is 0 Å². The highest BCUT2D eigenvalue weighted by molar-refractivity contribution is 7.89. The fourth-order valence-corrected chi connectivity index (χ4v) is 2.68. The first-order chi connectivity index (χ1) is 8.83. The van der Waals surface area contributed by atoms with Crippen molar-refractivity contribution in [2.24, 2.45) is 11.8 Å². The molecule has 0 aliphatic carbocycles. The van der Waals surface area contributed by atoms with E-state index in [0.29, 0.717) is 6.42 Å². The zero-order chi connectivity index (χ0) is 14.5. The Morgan fingerprint density at radius 3 is 2.63 bits per heavy atom. The summed E-state index contributed by atoms with van der Waals surface area (Å²) in [5.74, 6) is -1.54. The van der Waals surface area contributed by atoms with Gasteiger partial charge in [-0.3, -0.25) is 9.78 Å². The van der Waals surface area contributed by atoms with Crippen LogP contribution in [0.3, 0.4) is 0 Å². The molecule has 1 aromatic heterocycles. The number of pyridine rings is 1. The first-order valence-corrected chi connectivity index (χ1v) is 7.43. The minimum absolute atomic E-state index is 0.0312. The van der Waals surface area contributed by atoms with Gasteiger partial charge in [0.25, 0.3) is 0 Å². The molecule has 0 amide bonds. The van der Waals surface area contributed by atoms with Gasteiger partial charge < -0.3 is 5.11 Å².